The van der Waals surface area contributed by atoms with Gasteiger partial charge in [-0.05, 0) is 93.4 Å². The van der Waals surface area contributed by atoms with Gasteiger partial charge in [0.25, 0.3) is 0 Å². The van der Waals surface area contributed by atoms with Crippen LogP contribution in [-0.2, 0) is 12.8 Å². The lowest BCUT2D eigenvalue weighted by atomic mass is 9.90. The second-order valence-electron chi connectivity index (χ2n) is 5.25. The average molecular weight is 505 g/mol. The third kappa shape index (κ3) is 3.37. The van der Waals surface area contributed by atoms with Gasteiger partial charge in [-0.3, -0.25) is 0 Å². The van der Waals surface area contributed by atoms with Gasteiger partial charge in [-0.25, -0.2) is 0 Å². The monoisotopic (exact) mass is 505 g/mol. The first-order valence-corrected chi connectivity index (χ1v) is 9.18. The molecule has 1 heterocycles. The van der Waals surface area contributed by atoms with Crippen molar-refractivity contribution in [2.24, 2.45) is 0 Å². The van der Waals surface area contributed by atoms with Crippen LogP contribution in [0.15, 0.2) is 36.4 Å². The van der Waals surface area contributed by atoms with E-state index in [1.165, 1.54) is 23.8 Å². The number of rotatable bonds is 3. The third-order valence-corrected chi connectivity index (χ3v) is 5.52. The zero-order valence-electron chi connectivity index (χ0n) is 11.8. The molecule has 0 bridgehead atoms. The summed E-state index contributed by atoms with van der Waals surface area (Å²) >= 11 is 4.71. The lowest BCUT2D eigenvalue weighted by molar-refractivity contribution is 0.408. The molecule has 1 aliphatic heterocycles. The van der Waals surface area contributed by atoms with Crippen LogP contribution in [0, 0.1) is 7.14 Å². The van der Waals surface area contributed by atoms with E-state index in [0.29, 0.717) is 6.04 Å². The van der Waals surface area contributed by atoms with Gasteiger partial charge >= 0.3 is 0 Å². The van der Waals surface area contributed by atoms with Gasteiger partial charge in [-0.15, -0.1) is 0 Å². The van der Waals surface area contributed by atoms with Gasteiger partial charge in [0.2, 0.25) is 0 Å². The van der Waals surface area contributed by atoms with E-state index in [4.69, 9.17) is 4.74 Å². The van der Waals surface area contributed by atoms with Gasteiger partial charge in [-0.2, -0.15) is 0 Å². The van der Waals surface area contributed by atoms with Crippen molar-refractivity contribution in [3.63, 3.8) is 0 Å². The summed E-state index contributed by atoms with van der Waals surface area (Å²) in [6.07, 6.45) is 2.15. The van der Waals surface area contributed by atoms with Crippen molar-refractivity contribution >= 4 is 45.2 Å². The number of hydrogen-bond donors (Lipinski definition) is 1. The maximum absolute atomic E-state index is 5.45. The van der Waals surface area contributed by atoms with E-state index in [2.05, 4.69) is 86.9 Å². The van der Waals surface area contributed by atoms with Crippen molar-refractivity contribution in [3.05, 3.63) is 60.2 Å². The predicted molar refractivity (Wildman–Crippen MR) is 103 cm³/mol. The molecule has 0 aliphatic carbocycles. The molecule has 4 heteroatoms. The fourth-order valence-electron chi connectivity index (χ4n) is 2.94. The second kappa shape index (κ2) is 6.83. The Labute approximate surface area is 152 Å². The quantitative estimate of drug-likeness (QED) is 0.628. The van der Waals surface area contributed by atoms with Gasteiger partial charge in [-0.1, -0.05) is 24.3 Å². The molecule has 1 atom stereocenters. The smallest absolute Gasteiger partial charge is 0.145 e. The highest BCUT2D eigenvalue weighted by Crippen LogP contribution is 2.31. The molecule has 1 N–H and O–H groups in total. The van der Waals surface area contributed by atoms with Gasteiger partial charge in [0, 0.05) is 6.04 Å². The lowest BCUT2D eigenvalue weighted by Crippen LogP contribution is -2.31. The van der Waals surface area contributed by atoms with E-state index in [-0.39, 0.29) is 0 Å². The summed E-state index contributed by atoms with van der Waals surface area (Å²) in [5.41, 5.74) is 4.29. The summed E-state index contributed by atoms with van der Waals surface area (Å²) in [5.74, 6) is 0.983. The van der Waals surface area contributed by atoms with Crippen LogP contribution in [0.5, 0.6) is 5.75 Å². The van der Waals surface area contributed by atoms with E-state index in [1.807, 2.05) is 0 Å². The van der Waals surface area contributed by atoms with Crippen LogP contribution < -0.4 is 10.1 Å². The van der Waals surface area contributed by atoms with Crippen LogP contribution in [0.25, 0.3) is 0 Å². The maximum Gasteiger partial charge on any atom is 0.145 e. The predicted octanol–water partition coefficient (Wildman–Crippen LogP) is 4.33. The molecule has 1 aliphatic rings. The Morgan fingerprint density at radius 3 is 2.62 bits per heavy atom. The summed E-state index contributed by atoms with van der Waals surface area (Å²) in [6.45, 7) is 1.06. The highest BCUT2D eigenvalue weighted by molar-refractivity contribution is 14.1. The minimum absolute atomic E-state index is 0.412. The number of halogens is 2. The van der Waals surface area contributed by atoms with E-state index in [1.54, 1.807) is 7.11 Å². The van der Waals surface area contributed by atoms with Crippen molar-refractivity contribution in [3.8, 4) is 5.75 Å². The molecule has 0 saturated heterocycles. The molecule has 2 aromatic carbocycles. The Morgan fingerprint density at radius 2 is 1.90 bits per heavy atom. The standard InChI is InChI=1S/C17H17I2NO/c1-21-17-14(18)8-11(9-15(17)19)10-16-13-5-3-2-4-12(13)6-7-20-16/h2-5,8-9,16,20H,6-7,10H2,1H3. The van der Waals surface area contributed by atoms with Gasteiger partial charge in [0.05, 0.1) is 14.3 Å². The Balaban J connectivity index is 1.88. The third-order valence-electron chi connectivity index (χ3n) is 3.92. The number of methoxy groups -OCH3 is 1. The summed E-state index contributed by atoms with van der Waals surface area (Å²) < 4.78 is 7.81. The number of fused-ring (bicyclic) bond motifs is 1. The first-order valence-electron chi connectivity index (χ1n) is 7.02. The molecular formula is C17H17I2NO. The van der Waals surface area contributed by atoms with Crippen LogP contribution in [0.3, 0.4) is 0 Å². The van der Waals surface area contributed by atoms with Crippen molar-refractivity contribution in [1.29, 1.82) is 0 Å². The highest BCUT2D eigenvalue weighted by Gasteiger charge is 2.20. The van der Waals surface area contributed by atoms with E-state index >= 15 is 0 Å². The van der Waals surface area contributed by atoms with E-state index < -0.39 is 0 Å². The van der Waals surface area contributed by atoms with Crippen molar-refractivity contribution in [2.75, 3.05) is 13.7 Å². The van der Waals surface area contributed by atoms with Crippen molar-refractivity contribution in [2.45, 2.75) is 18.9 Å². The van der Waals surface area contributed by atoms with Crippen molar-refractivity contribution in [1.82, 2.24) is 5.32 Å². The molecule has 0 radical (unpaired) electrons. The molecule has 0 aromatic heterocycles. The Bertz CT molecular complexity index is 634. The zero-order chi connectivity index (χ0) is 14.8. The summed E-state index contributed by atoms with van der Waals surface area (Å²) in [7, 11) is 1.73. The average Bonchev–Trinajstić information content (AvgIpc) is 2.47. The normalized spacial score (nSPS) is 17.4. The van der Waals surface area contributed by atoms with Gasteiger partial charge < -0.3 is 10.1 Å². The molecule has 0 saturated carbocycles. The largest absolute Gasteiger partial charge is 0.495 e. The Morgan fingerprint density at radius 1 is 1.19 bits per heavy atom. The van der Waals surface area contributed by atoms with E-state index in [0.717, 1.165) is 25.1 Å². The minimum atomic E-state index is 0.412. The number of hydrogen-bond acceptors (Lipinski definition) is 2. The first-order chi connectivity index (χ1) is 10.2. The topological polar surface area (TPSA) is 21.3 Å². The maximum atomic E-state index is 5.45. The minimum Gasteiger partial charge on any atom is -0.495 e. The Hall–Kier alpha value is -0.340. The lowest BCUT2D eigenvalue weighted by Gasteiger charge is -2.27. The molecule has 2 nitrogen and oxygen atoms in total. The van der Waals surface area contributed by atoms with Crippen LogP contribution in [0.1, 0.15) is 22.7 Å². The van der Waals surface area contributed by atoms with Crippen LogP contribution in [0.2, 0.25) is 0 Å². The van der Waals surface area contributed by atoms with Gasteiger partial charge in [0.1, 0.15) is 5.75 Å². The second-order valence-corrected chi connectivity index (χ2v) is 7.58. The number of benzene rings is 2. The highest BCUT2D eigenvalue weighted by atomic mass is 127. The van der Waals surface area contributed by atoms with Crippen LogP contribution >= 0.6 is 45.2 Å². The Kier molecular flexibility index (Phi) is 5.06. The summed E-state index contributed by atoms with van der Waals surface area (Å²) in [6, 6.07) is 13.7. The SMILES string of the molecule is COc1c(I)cc(CC2NCCc3ccccc32)cc1I. The molecule has 1 unspecified atom stereocenters. The molecule has 2 aromatic rings. The van der Waals surface area contributed by atoms with Crippen molar-refractivity contribution < 1.29 is 4.74 Å². The fraction of sp³-hybridized carbons (Fsp3) is 0.294. The molecule has 110 valence electrons. The molecule has 0 spiro atoms. The number of nitrogens with one attached hydrogen (secondary N) is 1. The molecule has 3 rings (SSSR count). The van der Waals surface area contributed by atoms with Gasteiger partial charge in [0.15, 0.2) is 0 Å². The zero-order valence-corrected chi connectivity index (χ0v) is 16.1. The fourth-order valence-corrected chi connectivity index (χ4v) is 5.27. The molecule has 0 fully saturated rings. The van der Waals surface area contributed by atoms with Crippen LogP contribution in [0.4, 0.5) is 0 Å². The molecular weight excluding hydrogens is 488 g/mol. The van der Waals surface area contributed by atoms with E-state index in [9.17, 15) is 0 Å². The number of ether oxygens (including phenoxy) is 1. The molecule has 21 heavy (non-hydrogen) atoms. The first kappa shape index (κ1) is 15.6. The molecule has 0 amide bonds. The summed E-state index contributed by atoms with van der Waals surface area (Å²) in [5, 5.41) is 3.66. The summed E-state index contributed by atoms with van der Waals surface area (Å²) in [4.78, 5) is 0. The van der Waals surface area contributed by atoms with Crippen LogP contribution in [-0.4, -0.2) is 13.7 Å².